The van der Waals surface area contributed by atoms with E-state index < -0.39 is 0 Å². The normalized spacial score (nSPS) is 21.0. The summed E-state index contributed by atoms with van der Waals surface area (Å²) in [4.78, 5) is 2.24. The van der Waals surface area contributed by atoms with Gasteiger partial charge in [0.25, 0.3) is 0 Å². The fourth-order valence-corrected chi connectivity index (χ4v) is 2.30. The van der Waals surface area contributed by atoms with Crippen molar-refractivity contribution < 1.29 is 9.15 Å². The molecule has 1 unspecified atom stereocenters. The Kier molecular flexibility index (Phi) is 4.59. The van der Waals surface area contributed by atoms with Crippen LogP contribution < -0.4 is 5.73 Å². The molecule has 0 saturated carbocycles. The predicted molar refractivity (Wildman–Crippen MR) is 66.5 cm³/mol. The van der Waals surface area contributed by atoms with Crippen molar-refractivity contribution in [2.75, 3.05) is 20.2 Å². The van der Waals surface area contributed by atoms with Crippen molar-refractivity contribution in [3.8, 4) is 0 Å². The van der Waals surface area contributed by atoms with Gasteiger partial charge in [-0.1, -0.05) is 0 Å². The van der Waals surface area contributed by atoms with Gasteiger partial charge in [0.2, 0.25) is 0 Å². The van der Waals surface area contributed by atoms with E-state index in [1.54, 1.807) is 6.26 Å². The van der Waals surface area contributed by atoms with Crippen molar-refractivity contribution in [3.05, 3.63) is 23.7 Å². The second-order valence-corrected chi connectivity index (χ2v) is 4.76. The third-order valence-corrected chi connectivity index (χ3v) is 3.26. The van der Waals surface area contributed by atoms with Crippen molar-refractivity contribution in [1.82, 2.24) is 4.90 Å². The van der Waals surface area contributed by atoms with E-state index in [0.29, 0.717) is 12.6 Å². The number of nitrogens with two attached hydrogens (primary N) is 1. The molecule has 0 bridgehead atoms. The second-order valence-electron chi connectivity index (χ2n) is 4.76. The molecule has 2 N–H and O–H groups in total. The molecule has 2 rings (SSSR count). The second kappa shape index (κ2) is 6.19. The quantitative estimate of drug-likeness (QED) is 0.849. The zero-order chi connectivity index (χ0) is 12.1. The highest BCUT2D eigenvalue weighted by atomic mass is 16.5. The van der Waals surface area contributed by atoms with E-state index in [1.165, 1.54) is 19.3 Å². The molecule has 0 amide bonds. The third kappa shape index (κ3) is 3.56. The van der Waals surface area contributed by atoms with E-state index >= 15 is 0 Å². The molecule has 0 aromatic carbocycles. The average Bonchev–Trinajstić information content (AvgIpc) is 2.77. The summed E-state index contributed by atoms with van der Waals surface area (Å²) in [5, 5.41) is 0. The number of nitrogens with zero attached hydrogens (tertiary/aromatic N) is 1. The summed E-state index contributed by atoms with van der Waals surface area (Å²) in [5.74, 6) is 0.978. The maximum Gasteiger partial charge on any atom is 0.122 e. The van der Waals surface area contributed by atoms with E-state index in [2.05, 4.69) is 11.9 Å². The van der Waals surface area contributed by atoms with Crippen LogP contribution in [-0.2, 0) is 17.8 Å². The summed E-state index contributed by atoms with van der Waals surface area (Å²) in [5.41, 5.74) is 6.75. The fourth-order valence-electron chi connectivity index (χ4n) is 2.30. The van der Waals surface area contributed by atoms with Gasteiger partial charge in [-0.15, -0.1) is 0 Å². The number of furan rings is 1. The summed E-state index contributed by atoms with van der Waals surface area (Å²) in [7, 11) is 2.10. The molecule has 1 aliphatic heterocycles. The van der Waals surface area contributed by atoms with Crippen LogP contribution in [0.5, 0.6) is 0 Å². The molecule has 0 aliphatic carbocycles. The lowest BCUT2D eigenvalue weighted by Crippen LogP contribution is -2.33. The van der Waals surface area contributed by atoms with Crippen LogP contribution in [0.25, 0.3) is 0 Å². The first-order valence-corrected chi connectivity index (χ1v) is 6.35. The Labute approximate surface area is 103 Å². The minimum atomic E-state index is 0.380. The molecule has 0 spiro atoms. The summed E-state index contributed by atoms with van der Waals surface area (Å²) in [6.07, 6.45) is 5.75. The lowest BCUT2D eigenvalue weighted by Gasteiger charge is -2.27. The van der Waals surface area contributed by atoms with Gasteiger partial charge in [-0.05, 0) is 32.4 Å². The van der Waals surface area contributed by atoms with Crippen molar-refractivity contribution in [2.45, 2.75) is 38.5 Å². The summed E-state index contributed by atoms with van der Waals surface area (Å²) in [6.45, 7) is 3.22. The average molecular weight is 238 g/mol. The number of likely N-dealkylation sites (N-methyl/N-ethyl adjacent to an activating group) is 1. The fraction of sp³-hybridized carbons (Fsp3) is 0.692. The van der Waals surface area contributed by atoms with Gasteiger partial charge in [-0.25, -0.2) is 0 Å². The summed E-state index contributed by atoms with van der Waals surface area (Å²) < 4.78 is 11.2. The van der Waals surface area contributed by atoms with Gasteiger partial charge in [0.1, 0.15) is 5.76 Å². The van der Waals surface area contributed by atoms with Crippen LogP contribution in [0.15, 0.2) is 16.7 Å². The Morgan fingerprint density at radius 1 is 1.47 bits per heavy atom. The maximum atomic E-state index is 5.73. The molecular weight excluding hydrogens is 216 g/mol. The molecule has 0 radical (unpaired) electrons. The van der Waals surface area contributed by atoms with Crippen LogP contribution in [0.1, 0.15) is 30.6 Å². The number of hydrogen-bond donors (Lipinski definition) is 1. The monoisotopic (exact) mass is 238 g/mol. The molecule has 1 atom stereocenters. The van der Waals surface area contributed by atoms with Crippen LogP contribution >= 0.6 is 0 Å². The minimum Gasteiger partial charge on any atom is -0.468 e. The smallest absolute Gasteiger partial charge is 0.122 e. The molecule has 1 saturated heterocycles. The Morgan fingerprint density at radius 2 is 2.35 bits per heavy atom. The first-order valence-electron chi connectivity index (χ1n) is 6.35. The van der Waals surface area contributed by atoms with Crippen molar-refractivity contribution >= 4 is 0 Å². The van der Waals surface area contributed by atoms with E-state index in [9.17, 15) is 0 Å². The minimum absolute atomic E-state index is 0.380. The standard InChI is InChI=1S/C13H22N2O2/c1-15(9-12-4-2-3-6-16-12)10-13-11(8-14)5-7-17-13/h5,7,12H,2-4,6,8-10,14H2,1H3. The molecule has 1 fully saturated rings. The lowest BCUT2D eigenvalue weighted by atomic mass is 10.1. The van der Waals surface area contributed by atoms with Crippen LogP contribution in [0.2, 0.25) is 0 Å². The van der Waals surface area contributed by atoms with Gasteiger partial charge in [0, 0.05) is 25.3 Å². The van der Waals surface area contributed by atoms with E-state index in [0.717, 1.165) is 31.0 Å². The SMILES string of the molecule is CN(Cc1occc1CN)CC1CCCCO1. The van der Waals surface area contributed by atoms with E-state index in [1.807, 2.05) is 6.07 Å². The predicted octanol–water partition coefficient (Wildman–Crippen LogP) is 1.74. The topological polar surface area (TPSA) is 51.6 Å². The summed E-state index contributed by atoms with van der Waals surface area (Å²) >= 11 is 0. The summed E-state index contributed by atoms with van der Waals surface area (Å²) in [6, 6.07) is 1.94. The van der Waals surface area contributed by atoms with Gasteiger partial charge < -0.3 is 14.9 Å². The van der Waals surface area contributed by atoms with Crippen LogP contribution in [0.4, 0.5) is 0 Å². The number of ether oxygens (including phenoxy) is 1. The molecule has 4 nitrogen and oxygen atoms in total. The third-order valence-electron chi connectivity index (χ3n) is 3.26. The van der Waals surface area contributed by atoms with Crippen LogP contribution in [0.3, 0.4) is 0 Å². The van der Waals surface area contributed by atoms with Crippen molar-refractivity contribution in [1.29, 1.82) is 0 Å². The highest BCUT2D eigenvalue weighted by Crippen LogP contribution is 2.16. The van der Waals surface area contributed by atoms with Gasteiger partial charge >= 0.3 is 0 Å². The molecule has 1 aliphatic rings. The van der Waals surface area contributed by atoms with Gasteiger partial charge in [0.05, 0.1) is 18.9 Å². The molecule has 96 valence electrons. The first kappa shape index (κ1) is 12.6. The number of rotatable bonds is 5. The highest BCUT2D eigenvalue weighted by Gasteiger charge is 2.17. The zero-order valence-corrected chi connectivity index (χ0v) is 10.5. The lowest BCUT2D eigenvalue weighted by molar-refractivity contribution is -0.00343. The van der Waals surface area contributed by atoms with Crippen LogP contribution in [-0.4, -0.2) is 31.2 Å². The Hall–Kier alpha value is -0.840. The molecule has 1 aromatic heterocycles. The van der Waals surface area contributed by atoms with Gasteiger partial charge in [-0.3, -0.25) is 4.90 Å². The van der Waals surface area contributed by atoms with Crippen LogP contribution in [0, 0.1) is 0 Å². The Bertz CT molecular complexity index is 332. The van der Waals surface area contributed by atoms with E-state index in [4.69, 9.17) is 14.9 Å². The molecule has 2 heterocycles. The Morgan fingerprint density at radius 3 is 3.06 bits per heavy atom. The molecule has 17 heavy (non-hydrogen) atoms. The first-order chi connectivity index (χ1) is 8.29. The molecular formula is C13H22N2O2. The molecule has 4 heteroatoms. The van der Waals surface area contributed by atoms with Crippen molar-refractivity contribution in [3.63, 3.8) is 0 Å². The molecule has 1 aromatic rings. The van der Waals surface area contributed by atoms with Gasteiger partial charge in [-0.2, -0.15) is 0 Å². The number of hydrogen-bond acceptors (Lipinski definition) is 4. The van der Waals surface area contributed by atoms with Crippen molar-refractivity contribution in [2.24, 2.45) is 5.73 Å². The van der Waals surface area contributed by atoms with E-state index in [-0.39, 0.29) is 0 Å². The van der Waals surface area contributed by atoms with Gasteiger partial charge in [0.15, 0.2) is 0 Å². The Balaban J connectivity index is 1.82. The highest BCUT2D eigenvalue weighted by molar-refractivity contribution is 5.16. The maximum absolute atomic E-state index is 5.73. The zero-order valence-electron chi connectivity index (χ0n) is 10.5. The largest absolute Gasteiger partial charge is 0.468 e.